The van der Waals surface area contributed by atoms with Gasteiger partial charge in [-0.3, -0.25) is 4.79 Å². The van der Waals surface area contributed by atoms with Crippen molar-refractivity contribution in [1.29, 1.82) is 0 Å². The number of rotatable bonds is 2. The number of hydrogen-bond donors (Lipinski definition) is 1. The zero-order valence-electron chi connectivity index (χ0n) is 5.57. The second kappa shape index (κ2) is 3.11. The van der Waals surface area contributed by atoms with Gasteiger partial charge in [-0.2, -0.15) is 0 Å². The highest BCUT2D eigenvalue weighted by Gasteiger charge is 2.14. The fraction of sp³-hybridized carbons (Fsp3) is 0.800. The Morgan fingerprint density at radius 1 is 1.89 bits per heavy atom. The van der Waals surface area contributed by atoms with Crippen LogP contribution in [0.3, 0.4) is 0 Å². The summed E-state index contributed by atoms with van der Waals surface area (Å²) in [5, 5.41) is 0.967. The van der Waals surface area contributed by atoms with Gasteiger partial charge in [0.05, 0.1) is 6.54 Å². The van der Waals surface area contributed by atoms with E-state index < -0.39 is 5.41 Å². The van der Waals surface area contributed by atoms with Crippen molar-refractivity contribution in [2.24, 2.45) is 0 Å². The predicted octanol–water partition coefficient (Wildman–Crippen LogP) is 0.683. The molecule has 2 atom stereocenters. The molecule has 0 aliphatic rings. The van der Waals surface area contributed by atoms with E-state index in [-0.39, 0.29) is 12.5 Å². The van der Waals surface area contributed by atoms with Crippen LogP contribution in [0.5, 0.6) is 0 Å². The van der Waals surface area contributed by atoms with E-state index in [1.165, 1.54) is 13.8 Å². The first-order chi connectivity index (χ1) is 3.92. The molecule has 0 fully saturated rings. The lowest BCUT2D eigenvalue weighted by atomic mass is 10.4. The normalized spacial score (nSPS) is 16.4. The number of alkyl halides is 1. The van der Waals surface area contributed by atoms with Crippen molar-refractivity contribution in [3.8, 4) is 0 Å². The molecule has 0 aliphatic carbocycles. The lowest BCUT2D eigenvalue weighted by Gasteiger charge is -2.12. The molecular weight excluding hydrogens is 140 g/mol. The number of carbonyl (C=O) groups is 1. The standard InChI is InChI=1S/C5H11FNOP/c1-4(8)7-3-5(2,6)9/h3,9H2,1-2H3,(H,7,8). The molecule has 1 amide bonds. The van der Waals surface area contributed by atoms with Crippen LogP contribution in [0.15, 0.2) is 0 Å². The van der Waals surface area contributed by atoms with Crippen molar-refractivity contribution >= 4 is 15.1 Å². The predicted molar refractivity (Wildman–Crippen MR) is 37.9 cm³/mol. The van der Waals surface area contributed by atoms with Crippen molar-refractivity contribution in [3.63, 3.8) is 0 Å². The molecule has 9 heavy (non-hydrogen) atoms. The summed E-state index contributed by atoms with van der Waals surface area (Å²) >= 11 is 0. The minimum absolute atomic E-state index is 0.0486. The molecule has 1 N–H and O–H groups in total. The summed E-state index contributed by atoms with van der Waals surface area (Å²) in [4.78, 5) is 10.2. The van der Waals surface area contributed by atoms with E-state index in [1.807, 2.05) is 9.24 Å². The van der Waals surface area contributed by atoms with Gasteiger partial charge in [0.25, 0.3) is 0 Å². The van der Waals surface area contributed by atoms with Crippen molar-refractivity contribution in [2.45, 2.75) is 19.3 Å². The molecule has 0 rings (SSSR count). The Bertz CT molecular complexity index is 110. The Balaban J connectivity index is 3.39. The second-order valence-corrected chi connectivity index (χ2v) is 3.39. The van der Waals surface area contributed by atoms with Gasteiger partial charge in [0, 0.05) is 6.92 Å². The van der Waals surface area contributed by atoms with E-state index in [9.17, 15) is 9.18 Å². The summed E-state index contributed by atoms with van der Waals surface area (Å²) in [6, 6.07) is 0. The summed E-state index contributed by atoms with van der Waals surface area (Å²) in [6.07, 6.45) is 0. The second-order valence-electron chi connectivity index (χ2n) is 2.19. The Morgan fingerprint density at radius 3 is 2.44 bits per heavy atom. The third kappa shape index (κ3) is 7.83. The van der Waals surface area contributed by atoms with Crippen LogP contribution in [0.2, 0.25) is 0 Å². The molecule has 0 spiro atoms. The minimum atomic E-state index is -1.38. The van der Waals surface area contributed by atoms with Crippen LogP contribution in [0.1, 0.15) is 13.8 Å². The number of carbonyl (C=O) groups excluding carboxylic acids is 1. The zero-order chi connectivity index (χ0) is 7.49. The maximum atomic E-state index is 12.5. The Hall–Kier alpha value is -0.170. The van der Waals surface area contributed by atoms with Gasteiger partial charge >= 0.3 is 0 Å². The molecule has 0 saturated carbocycles. The van der Waals surface area contributed by atoms with Crippen molar-refractivity contribution in [1.82, 2.24) is 5.32 Å². The molecule has 0 saturated heterocycles. The van der Waals surface area contributed by atoms with Crippen molar-refractivity contribution in [2.75, 3.05) is 6.54 Å². The average Bonchev–Trinajstić information content (AvgIpc) is 1.59. The molecule has 0 aliphatic heterocycles. The number of amides is 1. The largest absolute Gasteiger partial charge is 0.353 e. The molecule has 2 nitrogen and oxygen atoms in total. The van der Waals surface area contributed by atoms with E-state index in [1.54, 1.807) is 0 Å². The highest BCUT2D eigenvalue weighted by Crippen LogP contribution is 2.16. The lowest BCUT2D eigenvalue weighted by molar-refractivity contribution is -0.119. The van der Waals surface area contributed by atoms with Gasteiger partial charge in [0.2, 0.25) is 5.91 Å². The van der Waals surface area contributed by atoms with Crippen LogP contribution in [0, 0.1) is 0 Å². The van der Waals surface area contributed by atoms with Crippen LogP contribution in [0.25, 0.3) is 0 Å². The number of halogens is 1. The van der Waals surface area contributed by atoms with E-state index >= 15 is 0 Å². The Morgan fingerprint density at radius 2 is 2.33 bits per heavy atom. The van der Waals surface area contributed by atoms with Crippen LogP contribution >= 0.6 is 9.24 Å². The van der Waals surface area contributed by atoms with E-state index in [0.717, 1.165) is 0 Å². The summed E-state index contributed by atoms with van der Waals surface area (Å²) in [7, 11) is 2.00. The van der Waals surface area contributed by atoms with E-state index in [2.05, 4.69) is 5.32 Å². The van der Waals surface area contributed by atoms with Gasteiger partial charge in [-0.25, -0.2) is 4.39 Å². The van der Waals surface area contributed by atoms with Gasteiger partial charge < -0.3 is 5.32 Å². The van der Waals surface area contributed by atoms with Gasteiger partial charge in [0.15, 0.2) is 0 Å². The molecule has 2 unspecified atom stereocenters. The third-order valence-corrected chi connectivity index (χ3v) is 0.887. The summed E-state index contributed by atoms with van der Waals surface area (Å²) in [5.74, 6) is -0.207. The quantitative estimate of drug-likeness (QED) is 0.578. The van der Waals surface area contributed by atoms with Crippen LogP contribution in [-0.2, 0) is 4.79 Å². The first-order valence-electron chi connectivity index (χ1n) is 2.64. The zero-order valence-corrected chi connectivity index (χ0v) is 6.73. The molecular formula is C5H11FNOP. The first-order valence-corrected chi connectivity index (χ1v) is 3.22. The molecule has 0 bridgehead atoms. The maximum Gasteiger partial charge on any atom is 0.216 e. The van der Waals surface area contributed by atoms with Crippen LogP contribution in [-0.4, -0.2) is 17.9 Å². The molecule has 0 aromatic carbocycles. The van der Waals surface area contributed by atoms with Crippen molar-refractivity contribution in [3.05, 3.63) is 0 Å². The highest BCUT2D eigenvalue weighted by molar-refractivity contribution is 7.18. The summed E-state index contributed by atoms with van der Waals surface area (Å²) in [5.41, 5.74) is 0. The molecule has 4 heteroatoms. The fourth-order valence-corrected chi connectivity index (χ4v) is 0.399. The van der Waals surface area contributed by atoms with E-state index in [0.29, 0.717) is 0 Å². The Kier molecular flexibility index (Phi) is 3.06. The van der Waals surface area contributed by atoms with Crippen LogP contribution in [0.4, 0.5) is 4.39 Å². The van der Waals surface area contributed by atoms with Gasteiger partial charge in [-0.15, -0.1) is 0 Å². The minimum Gasteiger partial charge on any atom is -0.353 e. The smallest absolute Gasteiger partial charge is 0.216 e. The average molecular weight is 151 g/mol. The van der Waals surface area contributed by atoms with Crippen LogP contribution < -0.4 is 5.32 Å². The number of hydrogen-bond acceptors (Lipinski definition) is 1. The molecule has 0 heterocycles. The summed E-state index contributed by atoms with van der Waals surface area (Å²) in [6.45, 7) is 2.79. The highest BCUT2D eigenvalue weighted by atomic mass is 31.0. The Labute approximate surface area is 56.4 Å². The van der Waals surface area contributed by atoms with E-state index in [4.69, 9.17) is 0 Å². The number of nitrogens with one attached hydrogen (secondary N) is 1. The van der Waals surface area contributed by atoms with Gasteiger partial charge in [-0.1, -0.05) is 9.24 Å². The third-order valence-electron chi connectivity index (χ3n) is 0.683. The monoisotopic (exact) mass is 151 g/mol. The van der Waals surface area contributed by atoms with Gasteiger partial charge in [0.1, 0.15) is 5.41 Å². The maximum absolute atomic E-state index is 12.5. The topological polar surface area (TPSA) is 29.1 Å². The lowest BCUT2D eigenvalue weighted by Crippen LogP contribution is -2.31. The first kappa shape index (κ1) is 8.83. The van der Waals surface area contributed by atoms with Crippen molar-refractivity contribution < 1.29 is 9.18 Å². The SMILES string of the molecule is CC(=O)NCC(C)(F)P. The summed E-state index contributed by atoms with van der Waals surface area (Å²) < 4.78 is 12.5. The molecule has 54 valence electrons. The fourth-order valence-electron chi connectivity index (χ4n) is 0.297. The van der Waals surface area contributed by atoms with Gasteiger partial charge in [-0.05, 0) is 6.92 Å². The molecule has 0 aromatic heterocycles. The molecule has 0 radical (unpaired) electrons. The molecule has 0 aromatic rings.